The lowest BCUT2D eigenvalue weighted by molar-refractivity contribution is -0.139. The molecule has 0 radical (unpaired) electrons. The third-order valence-electron chi connectivity index (χ3n) is 3.63. The fourth-order valence-electron chi connectivity index (χ4n) is 2.56. The second-order valence-electron chi connectivity index (χ2n) is 5.28. The van der Waals surface area contributed by atoms with E-state index in [0.717, 1.165) is 28.4 Å². The van der Waals surface area contributed by atoms with Gasteiger partial charge in [0, 0.05) is 23.1 Å². The molecule has 1 unspecified atom stereocenters. The van der Waals surface area contributed by atoms with Crippen LogP contribution in [0.5, 0.6) is 0 Å². The van der Waals surface area contributed by atoms with Gasteiger partial charge in [-0.1, -0.05) is 28.1 Å². The second-order valence-corrected chi connectivity index (χ2v) is 6.14. The van der Waals surface area contributed by atoms with Gasteiger partial charge >= 0.3 is 5.97 Å². The Kier molecular flexibility index (Phi) is 5.17. The van der Waals surface area contributed by atoms with Gasteiger partial charge in [-0.25, -0.2) is 0 Å². The number of carbonyl (C=O) groups excluding carboxylic acids is 1. The van der Waals surface area contributed by atoms with Crippen molar-refractivity contribution >= 4 is 33.9 Å². The number of amides is 1. The minimum absolute atomic E-state index is 0.0216. The number of aliphatic carboxylic acids is 1. The molecule has 1 saturated heterocycles. The molecule has 0 aliphatic carbocycles. The van der Waals surface area contributed by atoms with Crippen LogP contribution in [-0.4, -0.2) is 34.5 Å². The number of carboxylic acid groups (broad SMARTS) is 1. The summed E-state index contributed by atoms with van der Waals surface area (Å²) in [7, 11) is 0. The van der Waals surface area contributed by atoms with Gasteiger partial charge in [0.1, 0.15) is 0 Å². The molecule has 2 rings (SSSR count). The maximum atomic E-state index is 12.2. The summed E-state index contributed by atoms with van der Waals surface area (Å²) in [4.78, 5) is 24.7. The zero-order valence-electron chi connectivity index (χ0n) is 11.9. The zero-order valence-corrected chi connectivity index (χ0v) is 13.5. The molecule has 4 nitrogen and oxygen atoms in total. The van der Waals surface area contributed by atoms with Crippen molar-refractivity contribution in [2.24, 2.45) is 0 Å². The minimum atomic E-state index is -0.857. The van der Waals surface area contributed by atoms with Gasteiger partial charge in [-0.3, -0.25) is 9.59 Å². The van der Waals surface area contributed by atoms with Gasteiger partial charge < -0.3 is 10.0 Å². The average molecular weight is 352 g/mol. The van der Waals surface area contributed by atoms with Gasteiger partial charge in [-0.05, 0) is 43.0 Å². The van der Waals surface area contributed by atoms with Crippen LogP contribution >= 0.6 is 15.9 Å². The van der Waals surface area contributed by atoms with Crippen LogP contribution in [0.25, 0.3) is 6.08 Å². The predicted octanol–water partition coefficient (Wildman–Crippen LogP) is 3.24. The van der Waals surface area contributed by atoms with Gasteiger partial charge in [0.15, 0.2) is 0 Å². The Hall–Kier alpha value is -1.62. The van der Waals surface area contributed by atoms with E-state index < -0.39 is 5.97 Å². The number of rotatable bonds is 4. The van der Waals surface area contributed by atoms with E-state index in [1.165, 1.54) is 6.08 Å². The number of likely N-dealkylation sites (tertiary alicyclic amines) is 1. The molecular weight excluding hydrogens is 334 g/mol. The summed E-state index contributed by atoms with van der Waals surface area (Å²) < 4.78 is 0.940. The van der Waals surface area contributed by atoms with Crippen LogP contribution < -0.4 is 0 Å². The highest BCUT2D eigenvalue weighted by molar-refractivity contribution is 9.10. The summed E-state index contributed by atoms with van der Waals surface area (Å²) in [6.45, 7) is 2.64. The molecule has 0 aromatic heterocycles. The molecular formula is C16H18BrNO3. The first-order valence-corrected chi connectivity index (χ1v) is 7.73. The van der Waals surface area contributed by atoms with Crippen LogP contribution in [0.4, 0.5) is 0 Å². The van der Waals surface area contributed by atoms with Gasteiger partial charge in [-0.15, -0.1) is 0 Å². The van der Waals surface area contributed by atoms with Crippen molar-refractivity contribution in [2.45, 2.75) is 32.2 Å². The Morgan fingerprint density at radius 2 is 2.24 bits per heavy atom. The number of nitrogens with zero attached hydrogens (tertiary/aromatic N) is 1. The maximum Gasteiger partial charge on any atom is 0.305 e. The molecule has 1 atom stereocenters. The van der Waals surface area contributed by atoms with Crippen molar-refractivity contribution in [2.75, 3.05) is 6.54 Å². The van der Waals surface area contributed by atoms with Crippen LogP contribution in [0.15, 0.2) is 28.7 Å². The number of halogens is 1. The molecule has 0 spiro atoms. The van der Waals surface area contributed by atoms with Gasteiger partial charge in [-0.2, -0.15) is 0 Å². The lowest BCUT2D eigenvalue weighted by Crippen LogP contribution is -2.35. The second kappa shape index (κ2) is 6.89. The van der Waals surface area contributed by atoms with Crippen molar-refractivity contribution in [3.8, 4) is 0 Å². The summed E-state index contributed by atoms with van der Waals surface area (Å²) in [5.74, 6) is -0.976. The molecule has 1 N–H and O–H groups in total. The number of hydrogen-bond acceptors (Lipinski definition) is 2. The fraction of sp³-hybridized carbons (Fsp3) is 0.375. The third-order valence-corrected chi connectivity index (χ3v) is 4.32. The Bertz CT molecular complexity index is 583. The number of carboxylic acids is 1. The monoisotopic (exact) mass is 351 g/mol. The molecule has 1 fully saturated rings. The summed E-state index contributed by atoms with van der Waals surface area (Å²) in [5.41, 5.74) is 2.08. The highest BCUT2D eigenvalue weighted by atomic mass is 79.9. The lowest BCUT2D eigenvalue weighted by atomic mass is 10.1. The van der Waals surface area contributed by atoms with E-state index >= 15 is 0 Å². The first-order valence-electron chi connectivity index (χ1n) is 6.94. The largest absolute Gasteiger partial charge is 0.481 e. The Balaban J connectivity index is 2.06. The molecule has 5 heteroatoms. The van der Waals surface area contributed by atoms with E-state index in [4.69, 9.17) is 5.11 Å². The van der Waals surface area contributed by atoms with E-state index in [-0.39, 0.29) is 18.4 Å². The zero-order chi connectivity index (χ0) is 15.4. The number of aryl methyl sites for hydroxylation is 1. The summed E-state index contributed by atoms with van der Waals surface area (Å²) in [5, 5.41) is 8.88. The number of hydrogen-bond donors (Lipinski definition) is 1. The molecule has 0 bridgehead atoms. The van der Waals surface area contributed by atoms with Crippen molar-refractivity contribution in [3.05, 3.63) is 39.9 Å². The van der Waals surface area contributed by atoms with Crippen LogP contribution in [0.1, 0.15) is 30.4 Å². The van der Waals surface area contributed by atoms with E-state index in [9.17, 15) is 9.59 Å². The van der Waals surface area contributed by atoms with Crippen LogP contribution in [0.3, 0.4) is 0 Å². The van der Waals surface area contributed by atoms with E-state index in [1.807, 2.05) is 25.1 Å². The minimum Gasteiger partial charge on any atom is -0.481 e. The first kappa shape index (κ1) is 15.8. The Morgan fingerprint density at radius 1 is 1.48 bits per heavy atom. The highest BCUT2D eigenvalue weighted by Crippen LogP contribution is 2.22. The number of benzene rings is 1. The first-order chi connectivity index (χ1) is 9.97. The average Bonchev–Trinajstić information content (AvgIpc) is 2.84. The topological polar surface area (TPSA) is 57.6 Å². The molecule has 1 aromatic carbocycles. The number of carbonyl (C=O) groups is 2. The van der Waals surface area contributed by atoms with E-state index in [1.54, 1.807) is 11.0 Å². The quantitative estimate of drug-likeness (QED) is 0.847. The van der Waals surface area contributed by atoms with Gasteiger partial charge in [0.2, 0.25) is 5.91 Å². The van der Waals surface area contributed by atoms with Crippen molar-refractivity contribution in [1.29, 1.82) is 0 Å². The SMILES string of the molecule is Cc1ccc(/C=C/C(=O)N2CCCC2CC(=O)O)c(Br)c1. The molecule has 21 heavy (non-hydrogen) atoms. The summed E-state index contributed by atoms with van der Waals surface area (Å²) >= 11 is 3.47. The molecule has 112 valence electrons. The molecule has 0 saturated carbocycles. The van der Waals surface area contributed by atoms with Crippen molar-refractivity contribution in [1.82, 2.24) is 4.90 Å². The maximum absolute atomic E-state index is 12.2. The summed E-state index contributed by atoms with van der Waals surface area (Å²) in [6.07, 6.45) is 4.94. The Morgan fingerprint density at radius 3 is 2.90 bits per heavy atom. The third kappa shape index (κ3) is 4.17. The Labute approximate surface area is 132 Å². The predicted molar refractivity (Wildman–Crippen MR) is 84.9 cm³/mol. The van der Waals surface area contributed by atoms with Crippen LogP contribution in [0, 0.1) is 6.92 Å². The van der Waals surface area contributed by atoms with Crippen molar-refractivity contribution in [3.63, 3.8) is 0 Å². The molecule has 1 aromatic rings. The van der Waals surface area contributed by atoms with Crippen LogP contribution in [-0.2, 0) is 9.59 Å². The fourth-order valence-corrected chi connectivity index (χ4v) is 3.19. The van der Waals surface area contributed by atoms with Crippen molar-refractivity contribution < 1.29 is 14.7 Å². The smallest absolute Gasteiger partial charge is 0.305 e. The molecule has 1 amide bonds. The molecule has 1 heterocycles. The standard InChI is InChI=1S/C16H18BrNO3/c1-11-4-5-12(14(17)9-11)6-7-15(19)18-8-2-3-13(18)10-16(20)21/h4-7,9,13H,2-3,8,10H2,1H3,(H,20,21)/b7-6+. The normalized spacial score (nSPS) is 18.4. The van der Waals surface area contributed by atoms with Gasteiger partial charge in [0.05, 0.1) is 6.42 Å². The molecule has 1 aliphatic heterocycles. The van der Waals surface area contributed by atoms with Gasteiger partial charge in [0.25, 0.3) is 0 Å². The van der Waals surface area contributed by atoms with Crippen LogP contribution in [0.2, 0.25) is 0 Å². The molecule has 1 aliphatic rings. The lowest BCUT2D eigenvalue weighted by Gasteiger charge is -2.21. The van der Waals surface area contributed by atoms with E-state index in [2.05, 4.69) is 15.9 Å². The highest BCUT2D eigenvalue weighted by Gasteiger charge is 2.29. The van der Waals surface area contributed by atoms with E-state index in [0.29, 0.717) is 6.54 Å². The summed E-state index contributed by atoms with van der Waals surface area (Å²) in [6, 6.07) is 5.74.